The van der Waals surface area contributed by atoms with Crippen molar-refractivity contribution in [3.05, 3.63) is 175 Å². The van der Waals surface area contributed by atoms with Crippen LogP contribution in [0.15, 0.2) is 164 Å². The number of para-hydroxylation sites is 2. The van der Waals surface area contributed by atoms with Crippen molar-refractivity contribution in [1.82, 2.24) is 8.80 Å². The molecule has 0 saturated heterocycles. The fourth-order valence-electron chi connectivity index (χ4n) is 10.9. The number of aromatic nitrogens is 2. The molecular formula is C58H45N3. The van der Waals surface area contributed by atoms with Gasteiger partial charge in [-0.15, -0.1) is 0 Å². The molecule has 9 aromatic carbocycles. The van der Waals surface area contributed by atoms with Crippen LogP contribution in [0, 0.1) is 0 Å². The van der Waals surface area contributed by atoms with E-state index in [1.165, 1.54) is 115 Å². The largest absolute Gasteiger partial charge is 0.308 e. The second kappa shape index (κ2) is 11.8. The van der Waals surface area contributed by atoms with Gasteiger partial charge in [0.15, 0.2) is 0 Å². The van der Waals surface area contributed by atoms with E-state index in [9.17, 15) is 0 Å². The first-order chi connectivity index (χ1) is 29.6. The van der Waals surface area contributed by atoms with Gasteiger partial charge in [0.2, 0.25) is 0 Å². The van der Waals surface area contributed by atoms with Crippen molar-refractivity contribution in [3.8, 4) is 0 Å². The normalized spacial score (nSPS) is 13.1. The van der Waals surface area contributed by atoms with Gasteiger partial charge < -0.3 is 13.7 Å². The van der Waals surface area contributed by atoms with Gasteiger partial charge in [0.25, 0.3) is 0 Å². The van der Waals surface area contributed by atoms with Crippen molar-refractivity contribution < 1.29 is 0 Å². The zero-order valence-corrected chi connectivity index (χ0v) is 35.4. The molecule has 0 unspecified atom stereocenters. The minimum Gasteiger partial charge on any atom is -0.308 e. The molecule has 13 rings (SSSR count). The summed E-state index contributed by atoms with van der Waals surface area (Å²) < 4.78 is 5.21. The van der Waals surface area contributed by atoms with Gasteiger partial charge in [0.05, 0.1) is 38.8 Å². The molecule has 0 spiro atoms. The fourth-order valence-corrected chi connectivity index (χ4v) is 10.9. The van der Waals surface area contributed by atoms with Crippen LogP contribution in [0.4, 0.5) is 17.1 Å². The molecule has 4 aromatic heterocycles. The number of rotatable bonds is 3. The summed E-state index contributed by atoms with van der Waals surface area (Å²) in [6.07, 6.45) is 0. The molecule has 0 fully saturated rings. The van der Waals surface area contributed by atoms with Crippen LogP contribution in [-0.4, -0.2) is 8.80 Å². The standard InChI is InChI=1S/C58H45N3/c1-57(2,3)36-30-43-50-40-23-15-13-17-34(40)25-26-46(50)60-47-27-28-48-52(53(47)45(31-36)54(43)60)42-29-35-18-14-16-24-41(35)51-44-32-37(58(4,5)6)33-49(55(44)61(48)56(42)51)59(38-19-9-7-10-20-38)39-21-11-8-12-22-39/h7-33H,1-6H3. The van der Waals surface area contributed by atoms with Crippen LogP contribution in [0.25, 0.3) is 97.7 Å². The molecule has 292 valence electrons. The van der Waals surface area contributed by atoms with E-state index in [0.29, 0.717) is 0 Å². The van der Waals surface area contributed by atoms with E-state index in [0.717, 1.165) is 11.4 Å². The average Bonchev–Trinajstić information content (AvgIpc) is 3.99. The highest BCUT2D eigenvalue weighted by Crippen LogP contribution is 2.53. The second-order valence-electron chi connectivity index (χ2n) is 19.4. The molecule has 0 amide bonds. The van der Waals surface area contributed by atoms with Crippen LogP contribution >= 0.6 is 0 Å². The highest BCUT2D eigenvalue weighted by atomic mass is 15.2. The predicted octanol–water partition coefficient (Wildman–Crippen LogP) is 16.4. The maximum Gasteiger partial charge on any atom is 0.0783 e. The SMILES string of the molecule is CC(C)(C)c1cc(N(c2ccccc2)c2ccccc2)c2c(c1)c1c3ccccc3cc3c4c5c6cc(C(C)(C)C)cc7c8c9ccccc9ccc8n(c5ccc4n2c31)c76. The van der Waals surface area contributed by atoms with E-state index >= 15 is 0 Å². The molecule has 61 heavy (non-hydrogen) atoms. The molecule has 4 heterocycles. The van der Waals surface area contributed by atoms with Crippen LogP contribution in [0.3, 0.4) is 0 Å². The molecule has 0 N–H and O–H groups in total. The second-order valence-corrected chi connectivity index (χ2v) is 19.4. The zero-order valence-electron chi connectivity index (χ0n) is 35.4. The summed E-state index contributed by atoms with van der Waals surface area (Å²) in [6.45, 7) is 14.1. The van der Waals surface area contributed by atoms with E-state index < -0.39 is 0 Å². The number of fused-ring (bicyclic) bond motifs is 17. The third kappa shape index (κ3) is 4.58. The third-order valence-corrected chi connectivity index (χ3v) is 13.8. The summed E-state index contributed by atoms with van der Waals surface area (Å²) in [6, 6.07) is 61.7. The molecule has 0 radical (unpaired) electrons. The lowest BCUT2D eigenvalue weighted by atomic mass is 9.84. The molecule has 0 aliphatic carbocycles. The summed E-state index contributed by atoms with van der Waals surface area (Å²) in [5.41, 5.74) is 13.6. The number of nitrogens with zero attached hydrogens (tertiary/aromatic N) is 3. The lowest BCUT2D eigenvalue weighted by Gasteiger charge is -2.29. The van der Waals surface area contributed by atoms with Gasteiger partial charge in [0, 0.05) is 54.5 Å². The molecule has 0 bridgehead atoms. The molecular weight excluding hydrogens is 739 g/mol. The Hall–Kier alpha value is -7.10. The van der Waals surface area contributed by atoms with Gasteiger partial charge in [-0.2, -0.15) is 0 Å². The molecule has 3 heteroatoms. The number of benzene rings is 9. The molecule has 0 aliphatic heterocycles. The van der Waals surface area contributed by atoms with Gasteiger partial charge in [-0.05, 0) is 116 Å². The van der Waals surface area contributed by atoms with E-state index in [1.807, 2.05) is 0 Å². The Morgan fingerprint density at radius 3 is 1.43 bits per heavy atom. The monoisotopic (exact) mass is 783 g/mol. The maximum atomic E-state index is 2.63. The minimum atomic E-state index is -0.0856. The average molecular weight is 784 g/mol. The van der Waals surface area contributed by atoms with Gasteiger partial charge >= 0.3 is 0 Å². The summed E-state index contributed by atoms with van der Waals surface area (Å²) in [5.74, 6) is 0. The Morgan fingerprint density at radius 1 is 0.344 bits per heavy atom. The Bertz CT molecular complexity index is 3890. The summed E-state index contributed by atoms with van der Waals surface area (Å²) in [5, 5.41) is 15.7. The van der Waals surface area contributed by atoms with Crippen LogP contribution < -0.4 is 4.90 Å². The summed E-state index contributed by atoms with van der Waals surface area (Å²) in [4.78, 5) is 2.48. The van der Waals surface area contributed by atoms with E-state index in [2.05, 4.69) is 219 Å². The number of hydrogen-bond donors (Lipinski definition) is 0. The molecule has 0 aliphatic rings. The minimum absolute atomic E-state index is 0.0416. The molecule has 3 nitrogen and oxygen atoms in total. The van der Waals surface area contributed by atoms with Crippen molar-refractivity contribution in [1.29, 1.82) is 0 Å². The third-order valence-electron chi connectivity index (χ3n) is 13.8. The molecule has 0 atom stereocenters. The first-order valence-corrected chi connectivity index (χ1v) is 21.7. The van der Waals surface area contributed by atoms with Gasteiger partial charge in [-0.1, -0.05) is 133 Å². The van der Waals surface area contributed by atoms with E-state index in [4.69, 9.17) is 0 Å². The van der Waals surface area contributed by atoms with Crippen LogP contribution in [0.2, 0.25) is 0 Å². The first-order valence-electron chi connectivity index (χ1n) is 21.7. The van der Waals surface area contributed by atoms with Gasteiger partial charge in [0.1, 0.15) is 0 Å². The topological polar surface area (TPSA) is 12.1 Å². The lowest BCUT2D eigenvalue weighted by Crippen LogP contribution is -2.15. The number of anilines is 3. The first kappa shape index (κ1) is 34.7. The fraction of sp³-hybridized carbons (Fsp3) is 0.138. The van der Waals surface area contributed by atoms with Crippen molar-refractivity contribution in [2.45, 2.75) is 52.4 Å². The Kier molecular flexibility index (Phi) is 6.72. The van der Waals surface area contributed by atoms with Crippen molar-refractivity contribution in [3.63, 3.8) is 0 Å². The smallest absolute Gasteiger partial charge is 0.0783 e. The predicted molar refractivity (Wildman–Crippen MR) is 263 cm³/mol. The highest BCUT2D eigenvalue weighted by Gasteiger charge is 2.30. The summed E-state index contributed by atoms with van der Waals surface area (Å²) in [7, 11) is 0. The Labute approximate surface area is 354 Å². The van der Waals surface area contributed by atoms with Gasteiger partial charge in [-0.25, -0.2) is 0 Å². The maximum absolute atomic E-state index is 2.63. The van der Waals surface area contributed by atoms with E-state index in [-0.39, 0.29) is 10.8 Å². The highest BCUT2D eigenvalue weighted by molar-refractivity contribution is 6.39. The quantitative estimate of drug-likeness (QED) is 0.174. The van der Waals surface area contributed by atoms with Crippen LogP contribution in [-0.2, 0) is 10.8 Å². The lowest BCUT2D eigenvalue weighted by molar-refractivity contribution is 0.591. The van der Waals surface area contributed by atoms with Crippen LogP contribution in [0.1, 0.15) is 52.7 Å². The number of hydrogen-bond acceptors (Lipinski definition) is 1. The van der Waals surface area contributed by atoms with Crippen molar-refractivity contribution >= 4 is 115 Å². The molecule has 13 aromatic rings. The molecule has 0 saturated carbocycles. The van der Waals surface area contributed by atoms with Crippen molar-refractivity contribution in [2.24, 2.45) is 0 Å². The van der Waals surface area contributed by atoms with Crippen LogP contribution in [0.5, 0.6) is 0 Å². The Morgan fingerprint density at radius 2 is 0.803 bits per heavy atom. The zero-order chi connectivity index (χ0) is 41.1. The summed E-state index contributed by atoms with van der Waals surface area (Å²) >= 11 is 0. The van der Waals surface area contributed by atoms with E-state index in [1.54, 1.807) is 0 Å². The Balaban J connectivity index is 1.29. The van der Waals surface area contributed by atoms with Crippen molar-refractivity contribution in [2.75, 3.05) is 4.90 Å². The van der Waals surface area contributed by atoms with Gasteiger partial charge in [-0.3, -0.25) is 0 Å².